The molecule has 4 rings (SSSR count). The van der Waals surface area contributed by atoms with E-state index in [-0.39, 0.29) is 5.91 Å². The lowest BCUT2D eigenvalue weighted by atomic mass is 9.94. The lowest BCUT2D eigenvalue weighted by molar-refractivity contribution is -0.117. The zero-order chi connectivity index (χ0) is 18.8. The van der Waals surface area contributed by atoms with Crippen LogP contribution in [0.15, 0.2) is 22.6 Å². The summed E-state index contributed by atoms with van der Waals surface area (Å²) in [4.78, 5) is 12.5. The Morgan fingerprint density at radius 3 is 2.78 bits per heavy atom. The molecule has 2 aliphatic rings. The lowest BCUT2D eigenvalue weighted by Crippen LogP contribution is -2.31. The zero-order valence-corrected chi connectivity index (χ0v) is 16.4. The summed E-state index contributed by atoms with van der Waals surface area (Å²) in [5, 5.41) is 4.31. The Hall–Kier alpha value is -2.23. The van der Waals surface area contributed by atoms with Crippen molar-refractivity contribution in [2.75, 3.05) is 6.61 Å². The monoisotopic (exact) mass is 367 g/mol. The van der Waals surface area contributed by atoms with Crippen molar-refractivity contribution in [2.24, 2.45) is 0 Å². The van der Waals surface area contributed by atoms with Crippen LogP contribution in [0.25, 0.3) is 16.5 Å². The molecule has 2 aliphatic carbocycles. The SMILES string of the molecule is CCOc1cc2oc3c(c2cc1/C(C)=C/C(=O)NC1CCCC1)CCCC3. The Labute approximate surface area is 161 Å². The number of benzene rings is 1. The molecule has 1 aromatic carbocycles. The molecule has 0 aliphatic heterocycles. The highest BCUT2D eigenvalue weighted by Crippen LogP contribution is 2.38. The van der Waals surface area contributed by atoms with Crippen molar-refractivity contribution in [2.45, 2.75) is 71.3 Å². The fourth-order valence-electron chi connectivity index (χ4n) is 4.46. The number of hydrogen-bond donors (Lipinski definition) is 1. The molecule has 4 heteroatoms. The number of furan rings is 1. The van der Waals surface area contributed by atoms with E-state index in [1.54, 1.807) is 6.08 Å². The van der Waals surface area contributed by atoms with Gasteiger partial charge in [0.05, 0.1) is 6.61 Å². The summed E-state index contributed by atoms with van der Waals surface area (Å²) in [5.41, 5.74) is 4.16. The van der Waals surface area contributed by atoms with Gasteiger partial charge in [-0.15, -0.1) is 0 Å². The molecule has 0 saturated heterocycles. The van der Waals surface area contributed by atoms with E-state index in [0.717, 1.165) is 53.9 Å². The summed E-state index contributed by atoms with van der Waals surface area (Å²) in [6.07, 6.45) is 10.8. The smallest absolute Gasteiger partial charge is 0.244 e. The Kier molecular flexibility index (Phi) is 5.24. The van der Waals surface area contributed by atoms with E-state index in [2.05, 4.69) is 11.4 Å². The van der Waals surface area contributed by atoms with Gasteiger partial charge in [0.25, 0.3) is 0 Å². The first-order valence-electron chi connectivity index (χ1n) is 10.4. The van der Waals surface area contributed by atoms with Gasteiger partial charge in [0, 0.05) is 41.1 Å². The topological polar surface area (TPSA) is 51.5 Å². The number of nitrogens with one attached hydrogen (secondary N) is 1. The van der Waals surface area contributed by atoms with Crippen molar-refractivity contribution in [3.05, 3.63) is 35.1 Å². The summed E-state index contributed by atoms with van der Waals surface area (Å²) in [6.45, 7) is 4.55. The predicted molar refractivity (Wildman–Crippen MR) is 108 cm³/mol. The van der Waals surface area contributed by atoms with Crippen LogP contribution in [-0.2, 0) is 17.6 Å². The van der Waals surface area contributed by atoms with E-state index in [0.29, 0.717) is 12.6 Å². The third kappa shape index (κ3) is 3.76. The number of fused-ring (bicyclic) bond motifs is 3. The van der Waals surface area contributed by atoms with Gasteiger partial charge in [0.2, 0.25) is 5.91 Å². The fourth-order valence-corrected chi connectivity index (χ4v) is 4.46. The molecular formula is C23H29NO3. The van der Waals surface area contributed by atoms with E-state index < -0.39 is 0 Å². The number of allylic oxidation sites excluding steroid dienone is 1. The molecular weight excluding hydrogens is 338 g/mol. The molecule has 1 amide bonds. The third-order valence-electron chi connectivity index (χ3n) is 5.83. The van der Waals surface area contributed by atoms with Gasteiger partial charge in [-0.1, -0.05) is 12.8 Å². The molecule has 1 saturated carbocycles. The Morgan fingerprint density at radius 1 is 1.22 bits per heavy atom. The van der Waals surface area contributed by atoms with E-state index in [4.69, 9.17) is 9.15 Å². The Bertz CT molecular complexity index is 871. The first-order valence-corrected chi connectivity index (χ1v) is 10.4. The zero-order valence-electron chi connectivity index (χ0n) is 16.4. The van der Waals surface area contributed by atoms with Crippen molar-refractivity contribution < 1.29 is 13.9 Å². The van der Waals surface area contributed by atoms with Crippen LogP contribution in [-0.4, -0.2) is 18.6 Å². The maximum absolute atomic E-state index is 12.5. The number of aryl methyl sites for hydroxylation is 2. The molecule has 2 aromatic rings. The van der Waals surface area contributed by atoms with Crippen LogP contribution in [0.5, 0.6) is 5.75 Å². The van der Waals surface area contributed by atoms with Crippen LogP contribution in [0, 0.1) is 0 Å². The summed E-state index contributed by atoms with van der Waals surface area (Å²) < 4.78 is 12.0. The minimum Gasteiger partial charge on any atom is -0.493 e. The van der Waals surface area contributed by atoms with Gasteiger partial charge in [-0.25, -0.2) is 0 Å². The van der Waals surface area contributed by atoms with E-state index in [9.17, 15) is 4.79 Å². The van der Waals surface area contributed by atoms with Crippen molar-refractivity contribution in [1.82, 2.24) is 5.32 Å². The van der Waals surface area contributed by atoms with Crippen LogP contribution >= 0.6 is 0 Å². The van der Waals surface area contributed by atoms with E-state index in [1.807, 2.05) is 19.9 Å². The van der Waals surface area contributed by atoms with Crippen molar-refractivity contribution >= 4 is 22.4 Å². The maximum Gasteiger partial charge on any atom is 0.244 e. The summed E-state index contributed by atoms with van der Waals surface area (Å²) in [7, 11) is 0. The molecule has 0 unspecified atom stereocenters. The van der Waals surface area contributed by atoms with Crippen LogP contribution in [0.1, 0.15) is 69.3 Å². The van der Waals surface area contributed by atoms with Crippen molar-refractivity contribution in [3.8, 4) is 5.75 Å². The first kappa shape index (κ1) is 18.1. The summed E-state index contributed by atoms with van der Waals surface area (Å²) in [6, 6.07) is 4.48. The summed E-state index contributed by atoms with van der Waals surface area (Å²) in [5.74, 6) is 1.91. The van der Waals surface area contributed by atoms with Gasteiger partial charge in [0.1, 0.15) is 17.1 Å². The van der Waals surface area contributed by atoms with Crippen molar-refractivity contribution in [1.29, 1.82) is 0 Å². The molecule has 0 radical (unpaired) electrons. The highest BCUT2D eigenvalue weighted by atomic mass is 16.5. The molecule has 1 fully saturated rings. The van der Waals surface area contributed by atoms with Crippen LogP contribution in [0.3, 0.4) is 0 Å². The number of carbonyl (C=O) groups is 1. The molecule has 1 N–H and O–H groups in total. The Balaban J connectivity index is 1.68. The van der Waals surface area contributed by atoms with E-state index >= 15 is 0 Å². The van der Waals surface area contributed by atoms with Gasteiger partial charge in [-0.2, -0.15) is 0 Å². The number of ether oxygens (including phenoxy) is 1. The van der Waals surface area contributed by atoms with Gasteiger partial charge in [-0.3, -0.25) is 4.79 Å². The highest BCUT2D eigenvalue weighted by molar-refractivity contribution is 5.97. The molecule has 4 nitrogen and oxygen atoms in total. The highest BCUT2D eigenvalue weighted by Gasteiger charge is 2.21. The average molecular weight is 367 g/mol. The first-order chi connectivity index (χ1) is 13.2. The fraction of sp³-hybridized carbons (Fsp3) is 0.522. The molecule has 0 atom stereocenters. The van der Waals surface area contributed by atoms with Gasteiger partial charge in [-0.05, 0) is 57.6 Å². The number of carbonyl (C=O) groups excluding carboxylic acids is 1. The predicted octanol–water partition coefficient (Wildman–Crippen LogP) is 5.17. The third-order valence-corrected chi connectivity index (χ3v) is 5.83. The van der Waals surface area contributed by atoms with E-state index in [1.165, 1.54) is 36.6 Å². The number of rotatable bonds is 5. The molecule has 27 heavy (non-hydrogen) atoms. The molecule has 1 aromatic heterocycles. The molecule has 0 bridgehead atoms. The maximum atomic E-state index is 12.5. The van der Waals surface area contributed by atoms with Crippen LogP contribution < -0.4 is 10.1 Å². The lowest BCUT2D eigenvalue weighted by Gasteiger charge is -2.13. The molecule has 144 valence electrons. The number of amides is 1. The van der Waals surface area contributed by atoms with Gasteiger partial charge in [0.15, 0.2) is 0 Å². The standard InChI is InChI=1S/C23H29NO3/c1-3-26-21-14-22-19(17-10-6-7-11-20(17)27-22)13-18(21)15(2)12-23(25)24-16-8-4-5-9-16/h12-14,16H,3-11H2,1-2H3,(H,24,25)/b15-12+. The molecule has 0 spiro atoms. The largest absolute Gasteiger partial charge is 0.493 e. The second-order valence-corrected chi connectivity index (χ2v) is 7.81. The van der Waals surface area contributed by atoms with Gasteiger partial charge >= 0.3 is 0 Å². The van der Waals surface area contributed by atoms with Crippen LogP contribution in [0.4, 0.5) is 0 Å². The minimum absolute atomic E-state index is 0.00355. The Morgan fingerprint density at radius 2 is 2.00 bits per heavy atom. The normalized spacial score (nSPS) is 17.9. The molecule has 1 heterocycles. The van der Waals surface area contributed by atoms with Crippen LogP contribution in [0.2, 0.25) is 0 Å². The summed E-state index contributed by atoms with van der Waals surface area (Å²) >= 11 is 0. The quantitative estimate of drug-likeness (QED) is 0.742. The van der Waals surface area contributed by atoms with Crippen molar-refractivity contribution in [3.63, 3.8) is 0 Å². The minimum atomic E-state index is -0.00355. The second kappa shape index (κ2) is 7.79. The average Bonchev–Trinajstić information content (AvgIpc) is 3.28. The number of hydrogen-bond acceptors (Lipinski definition) is 3. The van der Waals surface area contributed by atoms with Gasteiger partial charge < -0.3 is 14.5 Å². The second-order valence-electron chi connectivity index (χ2n) is 7.81.